The number of nitro benzene ring substituents is 1. The molecule has 0 spiro atoms. The van der Waals surface area contributed by atoms with Crippen LogP contribution in [0.4, 0.5) is 5.69 Å². The van der Waals surface area contributed by atoms with Crippen molar-refractivity contribution >= 4 is 24.0 Å². The molecule has 142 valence electrons. The van der Waals surface area contributed by atoms with Crippen molar-refractivity contribution in [3.05, 3.63) is 33.9 Å². The maximum atomic E-state index is 11.9. The van der Waals surface area contributed by atoms with Crippen LogP contribution in [0, 0.1) is 10.1 Å². The predicted molar refractivity (Wildman–Crippen MR) is 88.5 cm³/mol. The fraction of sp³-hybridized carbons (Fsp3) is 0.438. The number of nitrogens with one attached hydrogen (secondary N) is 1. The quantitative estimate of drug-likeness (QED) is 0.277. The number of ether oxygens (including phenoxy) is 3. The number of carbonyl (C=O) groups is 3. The van der Waals surface area contributed by atoms with Gasteiger partial charge in [0.1, 0.15) is 5.54 Å². The molecule has 0 heterocycles. The van der Waals surface area contributed by atoms with Gasteiger partial charge < -0.3 is 19.5 Å². The van der Waals surface area contributed by atoms with E-state index in [0.717, 1.165) is 0 Å². The Morgan fingerprint density at radius 3 is 2.62 bits per heavy atom. The lowest BCUT2D eigenvalue weighted by Gasteiger charge is -2.26. The average molecular weight is 368 g/mol. The highest BCUT2D eigenvalue weighted by molar-refractivity contribution is 5.83. The molecule has 0 fully saturated rings. The van der Waals surface area contributed by atoms with Crippen molar-refractivity contribution in [2.45, 2.75) is 25.8 Å². The molecule has 0 unspecified atom stereocenters. The van der Waals surface area contributed by atoms with Crippen LogP contribution in [0.25, 0.3) is 0 Å². The molecule has 1 amide bonds. The number of esters is 2. The summed E-state index contributed by atoms with van der Waals surface area (Å²) in [7, 11) is 1.18. The van der Waals surface area contributed by atoms with Crippen LogP contribution in [0.3, 0.4) is 0 Å². The van der Waals surface area contributed by atoms with Crippen molar-refractivity contribution in [1.82, 2.24) is 5.32 Å². The predicted octanol–water partition coefficient (Wildman–Crippen LogP) is 0.757. The fourth-order valence-corrected chi connectivity index (χ4v) is 2.22. The topological polar surface area (TPSA) is 134 Å². The normalized spacial score (nSPS) is 12.4. The van der Waals surface area contributed by atoms with Crippen LogP contribution in [-0.2, 0) is 30.3 Å². The van der Waals surface area contributed by atoms with E-state index < -0.39 is 29.0 Å². The highest BCUT2D eigenvalue weighted by Crippen LogP contribution is 2.29. The Bertz CT molecular complexity index is 691. The Balaban J connectivity index is 3.11. The van der Waals surface area contributed by atoms with E-state index in [4.69, 9.17) is 9.47 Å². The molecule has 0 aliphatic heterocycles. The smallest absolute Gasteiger partial charge is 0.344 e. The number of carbonyl (C=O) groups excluding carboxylic acids is 3. The Morgan fingerprint density at radius 2 is 2.08 bits per heavy atom. The number of benzene rings is 1. The summed E-state index contributed by atoms with van der Waals surface area (Å²) in [4.78, 5) is 44.6. The number of nitro groups is 1. The standard InChI is InChI=1S/C16H20N2O8/c1-4-25-14(20)9-26-13-7-11(5-6-12(13)18(22)23)8-16(2,17-10-19)15(21)24-3/h5-7,10H,4,8-9H2,1-3H3,(H,17,19)/t16-/m1/s1. The van der Waals surface area contributed by atoms with Crippen LogP contribution in [0.2, 0.25) is 0 Å². The van der Waals surface area contributed by atoms with Crippen LogP contribution < -0.4 is 10.1 Å². The minimum absolute atomic E-state index is 0.00776. The van der Waals surface area contributed by atoms with E-state index in [1.165, 1.54) is 32.2 Å². The molecule has 1 aromatic rings. The number of methoxy groups -OCH3 is 1. The zero-order chi connectivity index (χ0) is 19.7. The van der Waals surface area contributed by atoms with Crippen LogP contribution in [0.5, 0.6) is 5.75 Å². The van der Waals surface area contributed by atoms with Gasteiger partial charge in [-0.25, -0.2) is 9.59 Å². The van der Waals surface area contributed by atoms with Crippen LogP contribution in [-0.4, -0.2) is 49.1 Å². The van der Waals surface area contributed by atoms with Gasteiger partial charge in [0.15, 0.2) is 12.4 Å². The monoisotopic (exact) mass is 368 g/mol. The van der Waals surface area contributed by atoms with E-state index in [2.05, 4.69) is 10.1 Å². The van der Waals surface area contributed by atoms with Gasteiger partial charge in [0.05, 0.1) is 18.6 Å². The van der Waals surface area contributed by atoms with Gasteiger partial charge >= 0.3 is 17.6 Å². The molecule has 1 rings (SSSR count). The molecule has 1 N–H and O–H groups in total. The van der Waals surface area contributed by atoms with E-state index in [-0.39, 0.29) is 24.5 Å². The number of nitrogens with zero attached hydrogens (tertiary/aromatic N) is 1. The van der Waals surface area contributed by atoms with Crippen molar-refractivity contribution in [2.75, 3.05) is 20.3 Å². The third-order valence-corrected chi connectivity index (χ3v) is 3.44. The Morgan fingerprint density at radius 1 is 1.38 bits per heavy atom. The summed E-state index contributed by atoms with van der Waals surface area (Å²) in [6, 6.07) is 3.93. The number of hydrogen-bond acceptors (Lipinski definition) is 8. The lowest BCUT2D eigenvalue weighted by atomic mass is 9.92. The van der Waals surface area contributed by atoms with E-state index >= 15 is 0 Å². The van der Waals surface area contributed by atoms with Gasteiger partial charge in [-0.1, -0.05) is 6.07 Å². The first-order chi connectivity index (χ1) is 12.3. The molecule has 0 bridgehead atoms. The molecular formula is C16H20N2O8. The molecule has 0 radical (unpaired) electrons. The van der Waals surface area contributed by atoms with Crippen molar-refractivity contribution in [2.24, 2.45) is 0 Å². The Hall–Kier alpha value is -3.17. The summed E-state index contributed by atoms with van der Waals surface area (Å²) in [6.07, 6.45) is 0.354. The summed E-state index contributed by atoms with van der Waals surface area (Å²) in [5, 5.41) is 13.5. The van der Waals surface area contributed by atoms with Gasteiger partial charge in [-0.05, 0) is 25.5 Å². The second-order valence-corrected chi connectivity index (χ2v) is 5.42. The number of rotatable bonds is 10. The minimum atomic E-state index is -1.37. The fourth-order valence-electron chi connectivity index (χ4n) is 2.22. The first-order valence-electron chi connectivity index (χ1n) is 7.63. The first-order valence-corrected chi connectivity index (χ1v) is 7.63. The highest BCUT2D eigenvalue weighted by atomic mass is 16.6. The highest BCUT2D eigenvalue weighted by Gasteiger charge is 2.34. The average Bonchev–Trinajstić information content (AvgIpc) is 2.59. The van der Waals surface area contributed by atoms with Gasteiger partial charge in [-0.2, -0.15) is 0 Å². The molecule has 1 aromatic carbocycles. The number of hydrogen-bond donors (Lipinski definition) is 1. The first kappa shape index (κ1) is 20.9. The summed E-state index contributed by atoms with van der Waals surface area (Å²) in [5.74, 6) is -1.51. The molecule has 0 aliphatic rings. The third kappa shape index (κ3) is 5.43. The van der Waals surface area contributed by atoms with E-state index in [9.17, 15) is 24.5 Å². The van der Waals surface area contributed by atoms with E-state index in [0.29, 0.717) is 12.0 Å². The summed E-state index contributed by atoms with van der Waals surface area (Å²) in [6.45, 7) is 2.72. The molecule has 0 aliphatic carbocycles. The van der Waals surface area contributed by atoms with Crippen LogP contribution in [0.1, 0.15) is 19.4 Å². The second-order valence-electron chi connectivity index (χ2n) is 5.42. The molecule has 0 saturated heterocycles. The molecule has 10 nitrogen and oxygen atoms in total. The molecule has 26 heavy (non-hydrogen) atoms. The third-order valence-electron chi connectivity index (χ3n) is 3.44. The molecule has 0 saturated carbocycles. The zero-order valence-electron chi connectivity index (χ0n) is 14.6. The van der Waals surface area contributed by atoms with Crippen molar-refractivity contribution < 1.29 is 33.5 Å². The van der Waals surface area contributed by atoms with Crippen LogP contribution in [0.15, 0.2) is 18.2 Å². The maximum absolute atomic E-state index is 11.9. The van der Waals surface area contributed by atoms with Gasteiger partial charge in [-0.15, -0.1) is 0 Å². The summed E-state index contributed by atoms with van der Waals surface area (Å²) >= 11 is 0. The SMILES string of the molecule is CCOC(=O)COc1cc(C[C@@](C)(NC=O)C(=O)OC)ccc1[N+](=O)[O-]. The summed E-state index contributed by atoms with van der Waals surface area (Å²) < 4.78 is 14.6. The van der Waals surface area contributed by atoms with Gasteiger partial charge in [0.25, 0.3) is 0 Å². The van der Waals surface area contributed by atoms with Gasteiger partial charge in [0.2, 0.25) is 6.41 Å². The largest absolute Gasteiger partial charge is 0.475 e. The molecular weight excluding hydrogens is 348 g/mol. The van der Waals surface area contributed by atoms with Crippen LogP contribution >= 0.6 is 0 Å². The lowest BCUT2D eigenvalue weighted by Crippen LogP contribution is -2.51. The molecule has 1 atom stereocenters. The lowest BCUT2D eigenvalue weighted by molar-refractivity contribution is -0.385. The van der Waals surface area contributed by atoms with E-state index in [1.54, 1.807) is 6.92 Å². The minimum Gasteiger partial charge on any atom is -0.475 e. The van der Waals surface area contributed by atoms with Gasteiger partial charge in [0, 0.05) is 12.5 Å². The van der Waals surface area contributed by atoms with E-state index in [1.807, 2.05) is 0 Å². The molecule has 0 aromatic heterocycles. The molecule has 10 heteroatoms. The van der Waals surface area contributed by atoms with Crippen molar-refractivity contribution in [3.8, 4) is 5.75 Å². The van der Waals surface area contributed by atoms with Gasteiger partial charge in [-0.3, -0.25) is 14.9 Å². The Kier molecular flexibility index (Phi) is 7.51. The number of amides is 1. The van der Waals surface area contributed by atoms with Crippen molar-refractivity contribution in [3.63, 3.8) is 0 Å². The second kappa shape index (κ2) is 9.35. The zero-order valence-corrected chi connectivity index (χ0v) is 14.6. The van der Waals surface area contributed by atoms with Crippen molar-refractivity contribution in [1.29, 1.82) is 0 Å². The maximum Gasteiger partial charge on any atom is 0.344 e. The summed E-state index contributed by atoms with van der Waals surface area (Å²) in [5.41, 5.74) is -1.26. The Labute approximate surface area is 149 Å².